The molecule has 2 aromatic rings. The standard InChI is InChI=1S/C24H20N4O2/c1-14-4-3-5-17-19(14)28-21-23(17)10-11-27-20(23)18(24(21,13-26)22(29)30-2)16-8-6-15(12-25)7-9-16/h3-9,21,27-28H,10-11H2,1-2H3/t21?,23?,24-/m0/s1. The number of benzene rings is 2. The molecule has 1 saturated heterocycles. The van der Waals surface area contributed by atoms with Crippen molar-refractivity contribution in [2.45, 2.75) is 24.8 Å². The van der Waals surface area contributed by atoms with Gasteiger partial charge in [0.1, 0.15) is 0 Å². The Balaban J connectivity index is 1.86. The molecule has 3 aliphatic rings. The third-order valence-electron chi connectivity index (χ3n) is 6.87. The Hall–Kier alpha value is -3.77. The summed E-state index contributed by atoms with van der Waals surface area (Å²) in [7, 11) is 1.32. The largest absolute Gasteiger partial charge is 0.468 e. The molecule has 0 bridgehead atoms. The summed E-state index contributed by atoms with van der Waals surface area (Å²) in [5.74, 6) is -0.574. The summed E-state index contributed by atoms with van der Waals surface area (Å²) in [6, 6.07) is 17.2. The number of rotatable bonds is 2. The second-order valence-electron chi connectivity index (χ2n) is 8.07. The number of carbonyl (C=O) groups is 1. The highest BCUT2D eigenvalue weighted by Crippen LogP contribution is 2.65. The Morgan fingerprint density at radius 1 is 1.20 bits per heavy atom. The van der Waals surface area contributed by atoms with Crippen molar-refractivity contribution < 1.29 is 9.53 Å². The monoisotopic (exact) mass is 396 g/mol. The van der Waals surface area contributed by atoms with E-state index in [9.17, 15) is 15.3 Å². The molecular weight excluding hydrogens is 376 g/mol. The number of aryl methyl sites for hydroxylation is 1. The molecule has 2 unspecified atom stereocenters. The number of nitriles is 2. The fourth-order valence-corrected chi connectivity index (χ4v) is 5.64. The maximum absolute atomic E-state index is 13.3. The lowest BCUT2D eigenvalue weighted by Crippen LogP contribution is -2.50. The number of para-hydroxylation sites is 1. The first-order valence-electron chi connectivity index (χ1n) is 9.90. The van der Waals surface area contributed by atoms with Crippen LogP contribution < -0.4 is 10.6 Å². The lowest BCUT2D eigenvalue weighted by atomic mass is 9.69. The van der Waals surface area contributed by atoms with Gasteiger partial charge in [0.25, 0.3) is 0 Å². The fourth-order valence-electron chi connectivity index (χ4n) is 5.64. The highest BCUT2D eigenvalue weighted by molar-refractivity contribution is 6.04. The van der Waals surface area contributed by atoms with Crippen molar-refractivity contribution in [3.05, 3.63) is 70.4 Å². The molecule has 1 aliphatic carbocycles. The van der Waals surface area contributed by atoms with Crippen LogP contribution in [0.3, 0.4) is 0 Å². The van der Waals surface area contributed by atoms with E-state index in [1.807, 2.05) is 31.2 Å². The summed E-state index contributed by atoms with van der Waals surface area (Å²) in [5.41, 5.74) is 3.98. The molecule has 0 amide bonds. The van der Waals surface area contributed by atoms with Crippen molar-refractivity contribution in [2.75, 3.05) is 19.0 Å². The zero-order chi connectivity index (χ0) is 21.1. The summed E-state index contributed by atoms with van der Waals surface area (Å²) >= 11 is 0. The molecule has 6 heteroatoms. The molecule has 1 spiro atoms. The van der Waals surface area contributed by atoms with Crippen molar-refractivity contribution in [1.29, 1.82) is 10.5 Å². The molecule has 0 aromatic heterocycles. The number of hydrogen-bond donors (Lipinski definition) is 2. The zero-order valence-electron chi connectivity index (χ0n) is 16.7. The van der Waals surface area contributed by atoms with Crippen molar-refractivity contribution in [1.82, 2.24) is 5.32 Å². The highest BCUT2D eigenvalue weighted by atomic mass is 16.5. The maximum atomic E-state index is 13.3. The first-order chi connectivity index (χ1) is 14.5. The number of nitrogens with one attached hydrogen (secondary N) is 2. The molecule has 2 aromatic carbocycles. The minimum absolute atomic E-state index is 0.478. The van der Waals surface area contributed by atoms with Gasteiger partial charge in [0.05, 0.1) is 36.3 Å². The van der Waals surface area contributed by atoms with Crippen LogP contribution in [0.5, 0.6) is 0 Å². The number of esters is 1. The van der Waals surface area contributed by atoms with Gasteiger partial charge in [-0.05, 0) is 42.2 Å². The van der Waals surface area contributed by atoms with Gasteiger partial charge in [-0.1, -0.05) is 30.3 Å². The van der Waals surface area contributed by atoms with Crippen LogP contribution in [0.1, 0.15) is 28.7 Å². The molecule has 1 fully saturated rings. The van der Waals surface area contributed by atoms with Crippen LogP contribution in [0.15, 0.2) is 48.2 Å². The molecule has 6 nitrogen and oxygen atoms in total. The first-order valence-corrected chi connectivity index (χ1v) is 9.90. The number of methoxy groups -OCH3 is 1. The first kappa shape index (κ1) is 18.3. The summed E-state index contributed by atoms with van der Waals surface area (Å²) in [6.07, 6.45) is 0.774. The minimum atomic E-state index is -1.52. The van der Waals surface area contributed by atoms with Crippen molar-refractivity contribution in [3.8, 4) is 12.1 Å². The second kappa shape index (κ2) is 6.11. The van der Waals surface area contributed by atoms with Gasteiger partial charge >= 0.3 is 5.97 Å². The average molecular weight is 396 g/mol. The van der Waals surface area contributed by atoms with Gasteiger partial charge in [-0.25, -0.2) is 4.79 Å². The Morgan fingerprint density at radius 3 is 2.63 bits per heavy atom. The van der Waals surface area contributed by atoms with Crippen LogP contribution in [0, 0.1) is 35.0 Å². The van der Waals surface area contributed by atoms with Crippen LogP contribution in [0.4, 0.5) is 5.69 Å². The van der Waals surface area contributed by atoms with Crippen molar-refractivity contribution in [3.63, 3.8) is 0 Å². The number of hydrogen-bond acceptors (Lipinski definition) is 6. The summed E-state index contributed by atoms with van der Waals surface area (Å²) in [5, 5.41) is 26.7. The van der Waals surface area contributed by atoms with E-state index in [2.05, 4.69) is 28.8 Å². The number of anilines is 1. The third kappa shape index (κ3) is 1.93. The number of nitrogens with zero attached hydrogens (tertiary/aromatic N) is 2. The van der Waals surface area contributed by atoms with Crippen molar-refractivity contribution >= 4 is 17.2 Å². The SMILES string of the molecule is COC(=O)[C@@]1(C#N)C(c2ccc(C#N)cc2)=C2NCCC23c2cccc(C)c2NC31. The predicted octanol–water partition coefficient (Wildman–Crippen LogP) is 3.00. The Labute approximate surface area is 174 Å². The van der Waals surface area contributed by atoms with Gasteiger partial charge in [-0.3, -0.25) is 0 Å². The van der Waals surface area contributed by atoms with Gasteiger partial charge < -0.3 is 15.4 Å². The molecule has 3 atom stereocenters. The minimum Gasteiger partial charge on any atom is -0.468 e. The van der Waals surface area contributed by atoms with E-state index in [-0.39, 0.29) is 0 Å². The molecule has 0 saturated carbocycles. The lowest BCUT2D eigenvalue weighted by Gasteiger charge is -2.33. The van der Waals surface area contributed by atoms with Crippen LogP contribution in [0.2, 0.25) is 0 Å². The molecule has 30 heavy (non-hydrogen) atoms. The summed E-state index contributed by atoms with van der Waals surface area (Å²) in [6.45, 7) is 2.78. The van der Waals surface area contributed by atoms with E-state index >= 15 is 0 Å². The summed E-state index contributed by atoms with van der Waals surface area (Å²) < 4.78 is 5.21. The van der Waals surface area contributed by atoms with Crippen LogP contribution in [-0.4, -0.2) is 25.7 Å². The topological polar surface area (TPSA) is 97.9 Å². The van der Waals surface area contributed by atoms with Crippen LogP contribution in [0.25, 0.3) is 5.57 Å². The van der Waals surface area contributed by atoms with Gasteiger partial charge in [0, 0.05) is 23.5 Å². The van der Waals surface area contributed by atoms with Crippen LogP contribution >= 0.6 is 0 Å². The van der Waals surface area contributed by atoms with E-state index in [0.29, 0.717) is 11.1 Å². The van der Waals surface area contributed by atoms with E-state index in [0.717, 1.165) is 41.0 Å². The zero-order valence-corrected chi connectivity index (χ0v) is 16.7. The molecule has 148 valence electrons. The van der Waals surface area contributed by atoms with Gasteiger partial charge in [-0.2, -0.15) is 10.5 Å². The van der Waals surface area contributed by atoms with E-state index in [1.54, 1.807) is 12.1 Å². The van der Waals surface area contributed by atoms with E-state index in [4.69, 9.17) is 4.74 Å². The molecule has 2 aliphatic heterocycles. The molecule has 2 N–H and O–H groups in total. The van der Waals surface area contributed by atoms with Gasteiger partial charge in [-0.15, -0.1) is 0 Å². The van der Waals surface area contributed by atoms with Gasteiger partial charge in [0.2, 0.25) is 5.41 Å². The number of ether oxygens (including phenoxy) is 1. The second-order valence-corrected chi connectivity index (χ2v) is 8.07. The Morgan fingerprint density at radius 2 is 1.97 bits per heavy atom. The quantitative estimate of drug-likeness (QED) is 0.758. The molecule has 2 heterocycles. The Bertz CT molecular complexity index is 1200. The lowest BCUT2D eigenvalue weighted by molar-refractivity contribution is -0.147. The maximum Gasteiger partial charge on any atom is 0.333 e. The highest BCUT2D eigenvalue weighted by Gasteiger charge is 2.71. The van der Waals surface area contributed by atoms with E-state index < -0.39 is 22.8 Å². The Kier molecular flexibility index (Phi) is 3.72. The normalized spacial score (nSPS) is 27.8. The van der Waals surface area contributed by atoms with E-state index in [1.165, 1.54) is 7.11 Å². The third-order valence-corrected chi connectivity index (χ3v) is 6.87. The van der Waals surface area contributed by atoms with Crippen molar-refractivity contribution in [2.24, 2.45) is 5.41 Å². The molecule has 5 rings (SSSR count). The number of carbonyl (C=O) groups excluding carboxylic acids is 1. The smallest absolute Gasteiger partial charge is 0.333 e. The molecular formula is C24H20N4O2. The fraction of sp³-hybridized carbons (Fsp3) is 0.292. The van der Waals surface area contributed by atoms with Crippen LogP contribution in [-0.2, 0) is 14.9 Å². The average Bonchev–Trinajstić information content (AvgIpc) is 3.41. The summed E-state index contributed by atoms with van der Waals surface area (Å²) in [4.78, 5) is 13.3. The predicted molar refractivity (Wildman–Crippen MR) is 111 cm³/mol. The molecule has 0 radical (unpaired) electrons. The van der Waals surface area contributed by atoms with Gasteiger partial charge in [0.15, 0.2) is 0 Å². The number of fused-ring (bicyclic) bond motifs is 1.